The van der Waals surface area contributed by atoms with Crippen LogP contribution in [0.25, 0.3) is 0 Å². The summed E-state index contributed by atoms with van der Waals surface area (Å²) in [6.07, 6.45) is 13.2. The number of carbonyl (C=O) groups excluding carboxylic acids is 1. The number of rotatable bonds is 5. The molecule has 3 saturated carbocycles. The van der Waals surface area contributed by atoms with E-state index in [-0.39, 0.29) is 23.6 Å². The summed E-state index contributed by atoms with van der Waals surface area (Å²) in [7, 11) is 0. The Morgan fingerprint density at radius 1 is 1.13 bits per heavy atom. The van der Waals surface area contributed by atoms with Crippen molar-refractivity contribution >= 4 is 12.1 Å². The Hall–Kier alpha value is -3.41. The zero-order valence-corrected chi connectivity index (χ0v) is 16.3. The average molecular weight is 403 g/mol. The van der Waals surface area contributed by atoms with Crippen molar-refractivity contribution in [1.82, 2.24) is 24.9 Å². The minimum Gasteiger partial charge on any atom is -0.476 e. The van der Waals surface area contributed by atoms with Gasteiger partial charge in [0.05, 0.1) is 30.9 Å². The van der Waals surface area contributed by atoms with E-state index in [0.717, 1.165) is 25.0 Å². The van der Waals surface area contributed by atoms with Crippen LogP contribution in [0.1, 0.15) is 43.1 Å². The zero-order valence-electron chi connectivity index (χ0n) is 16.3. The summed E-state index contributed by atoms with van der Waals surface area (Å²) in [5, 5.41) is 14.8. The molecule has 0 N–H and O–H groups in total. The van der Waals surface area contributed by atoms with Crippen LogP contribution < -0.4 is 4.74 Å². The van der Waals surface area contributed by atoms with Crippen molar-refractivity contribution in [2.75, 3.05) is 6.61 Å². The van der Waals surface area contributed by atoms with Crippen molar-refractivity contribution in [2.45, 2.75) is 31.7 Å². The van der Waals surface area contributed by atoms with Gasteiger partial charge in [-0.25, -0.2) is 15.0 Å². The molecular formula is C21H21N7O2. The van der Waals surface area contributed by atoms with Crippen molar-refractivity contribution in [2.24, 2.45) is 28.8 Å². The highest BCUT2D eigenvalue weighted by Crippen LogP contribution is 2.53. The molecule has 1 aliphatic heterocycles. The number of aromatic nitrogens is 4. The van der Waals surface area contributed by atoms with Gasteiger partial charge in [0.1, 0.15) is 12.1 Å². The van der Waals surface area contributed by atoms with Crippen LogP contribution in [-0.2, 0) is 4.79 Å². The molecule has 2 aromatic heterocycles. The summed E-state index contributed by atoms with van der Waals surface area (Å²) in [6, 6.07) is 1.77. The first kappa shape index (κ1) is 18.6. The van der Waals surface area contributed by atoms with Gasteiger partial charge in [0.15, 0.2) is 5.69 Å². The first-order valence-electron chi connectivity index (χ1n) is 10.2. The molecule has 0 aromatic carbocycles. The number of nitrogens with zero attached hydrogens (tertiary/aromatic N) is 7. The van der Waals surface area contributed by atoms with E-state index in [1.807, 2.05) is 6.07 Å². The second-order valence-corrected chi connectivity index (χ2v) is 8.12. The van der Waals surface area contributed by atoms with Crippen LogP contribution in [0, 0.1) is 35.0 Å². The number of fused-ring (bicyclic) bond motifs is 2. The molecule has 2 aromatic rings. The van der Waals surface area contributed by atoms with Crippen LogP contribution in [0.5, 0.6) is 5.88 Å². The molecule has 3 fully saturated rings. The highest BCUT2D eigenvalue weighted by Gasteiger charge is 2.50. The van der Waals surface area contributed by atoms with E-state index in [1.54, 1.807) is 29.8 Å². The van der Waals surface area contributed by atoms with Crippen molar-refractivity contribution in [3.05, 3.63) is 42.4 Å². The van der Waals surface area contributed by atoms with E-state index in [2.05, 4.69) is 25.0 Å². The molecule has 4 aliphatic rings. The summed E-state index contributed by atoms with van der Waals surface area (Å²) in [5.74, 6) is 1.74. The van der Waals surface area contributed by atoms with Crippen LogP contribution in [0.15, 0.2) is 36.1 Å². The number of nitriles is 1. The summed E-state index contributed by atoms with van der Waals surface area (Å²) in [4.78, 5) is 30.0. The number of amides is 1. The third-order valence-electron chi connectivity index (χ3n) is 6.49. The van der Waals surface area contributed by atoms with Crippen molar-refractivity contribution in [3.8, 4) is 11.9 Å². The minimum atomic E-state index is -0.173. The van der Waals surface area contributed by atoms with Gasteiger partial charge in [-0.05, 0) is 37.0 Å². The predicted molar refractivity (Wildman–Crippen MR) is 105 cm³/mol. The topological polar surface area (TPSA) is 117 Å². The summed E-state index contributed by atoms with van der Waals surface area (Å²) < 4.78 is 5.83. The van der Waals surface area contributed by atoms with Gasteiger partial charge in [-0.15, -0.1) is 0 Å². The van der Waals surface area contributed by atoms with E-state index < -0.39 is 0 Å². The van der Waals surface area contributed by atoms with Crippen LogP contribution in [0.3, 0.4) is 0 Å². The van der Waals surface area contributed by atoms with E-state index >= 15 is 0 Å². The molecular weight excluding hydrogens is 382 g/mol. The number of hydrogen-bond donors (Lipinski definition) is 0. The molecule has 3 heterocycles. The lowest BCUT2D eigenvalue weighted by Crippen LogP contribution is -2.50. The van der Waals surface area contributed by atoms with E-state index in [4.69, 9.17) is 10.00 Å². The van der Waals surface area contributed by atoms with Crippen molar-refractivity contribution in [3.63, 3.8) is 0 Å². The number of carbonyl (C=O) groups is 1. The summed E-state index contributed by atoms with van der Waals surface area (Å²) in [6.45, 7) is 0.499. The minimum absolute atomic E-state index is 0.0509. The van der Waals surface area contributed by atoms with Crippen LogP contribution in [0.4, 0.5) is 0 Å². The quantitative estimate of drug-likeness (QED) is 0.750. The Morgan fingerprint density at radius 3 is 2.77 bits per heavy atom. The maximum atomic E-state index is 13.4. The highest BCUT2D eigenvalue weighted by atomic mass is 16.5. The first-order valence-corrected chi connectivity index (χ1v) is 10.2. The molecule has 0 radical (unpaired) electrons. The molecule has 0 spiro atoms. The van der Waals surface area contributed by atoms with E-state index in [0.29, 0.717) is 36.7 Å². The Kier molecular flexibility index (Phi) is 4.83. The molecule has 3 aliphatic carbocycles. The second kappa shape index (κ2) is 7.78. The fourth-order valence-corrected chi connectivity index (χ4v) is 4.81. The SMILES string of the molecule is N#Cc1cnc(OCC2CC(C(=O)N3N=CCC3c3cnccn3)C3CC2C3)cn1. The summed E-state index contributed by atoms with van der Waals surface area (Å²) in [5.41, 5.74) is 1.03. The molecule has 9 heteroatoms. The monoisotopic (exact) mass is 403 g/mol. The van der Waals surface area contributed by atoms with Gasteiger partial charge in [-0.2, -0.15) is 10.4 Å². The molecule has 9 nitrogen and oxygen atoms in total. The average Bonchev–Trinajstić information content (AvgIpc) is 3.27. The van der Waals surface area contributed by atoms with Gasteiger partial charge in [0, 0.05) is 30.9 Å². The summed E-state index contributed by atoms with van der Waals surface area (Å²) >= 11 is 0. The number of hydrogen-bond acceptors (Lipinski definition) is 8. The molecule has 2 bridgehead atoms. The molecule has 152 valence electrons. The Morgan fingerprint density at radius 2 is 2.03 bits per heavy atom. The zero-order chi connectivity index (χ0) is 20.5. The molecule has 6 rings (SSSR count). The fourth-order valence-electron chi connectivity index (χ4n) is 4.81. The highest BCUT2D eigenvalue weighted by molar-refractivity contribution is 5.82. The molecule has 0 saturated heterocycles. The fraction of sp³-hybridized carbons (Fsp3) is 0.476. The maximum Gasteiger partial charge on any atom is 0.246 e. The van der Waals surface area contributed by atoms with Gasteiger partial charge >= 0.3 is 0 Å². The molecule has 30 heavy (non-hydrogen) atoms. The van der Waals surface area contributed by atoms with Crippen LogP contribution in [0.2, 0.25) is 0 Å². The van der Waals surface area contributed by atoms with Gasteiger partial charge in [-0.3, -0.25) is 14.8 Å². The normalized spacial score (nSPS) is 29.2. The largest absolute Gasteiger partial charge is 0.476 e. The Labute approximate surface area is 173 Å². The first-order chi connectivity index (χ1) is 14.7. The van der Waals surface area contributed by atoms with Gasteiger partial charge in [0.2, 0.25) is 11.8 Å². The lowest BCUT2D eigenvalue weighted by molar-refractivity contribution is -0.148. The standard InChI is InChI=1S/C21H21N7O2/c22-8-16-9-26-20(11-25-16)30-12-15-7-17(14-5-13(15)6-14)21(29)28-19(1-2-27-28)18-10-23-3-4-24-18/h2-4,9-11,13-15,17,19H,1,5-7,12H2. The predicted octanol–water partition coefficient (Wildman–Crippen LogP) is 2.14. The van der Waals surface area contributed by atoms with Gasteiger partial charge in [0.25, 0.3) is 0 Å². The van der Waals surface area contributed by atoms with E-state index in [1.165, 1.54) is 12.4 Å². The lowest BCUT2D eigenvalue weighted by Gasteiger charge is -2.51. The van der Waals surface area contributed by atoms with Crippen molar-refractivity contribution in [1.29, 1.82) is 5.26 Å². The second-order valence-electron chi connectivity index (χ2n) is 8.12. The van der Waals surface area contributed by atoms with Gasteiger partial charge < -0.3 is 4.74 Å². The number of ether oxygens (including phenoxy) is 1. The third kappa shape index (κ3) is 3.38. The third-order valence-corrected chi connectivity index (χ3v) is 6.49. The van der Waals surface area contributed by atoms with Crippen LogP contribution in [-0.4, -0.2) is 43.7 Å². The van der Waals surface area contributed by atoms with E-state index in [9.17, 15) is 4.79 Å². The van der Waals surface area contributed by atoms with Crippen LogP contribution >= 0.6 is 0 Å². The molecule has 3 atom stereocenters. The lowest BCUT2D eigenvalue weighted by atomic mass is 9.55. The Balaban J connectivity index is 1.24. The van der Waals surface area contributed by atoms with Gasteiger partial charge in [-0.1, -0.05) is 0 Å². The molecule has 3 unspecified atom stereocenters. The smallest absolute Gasteiger partial charge is 0.246 e. The number of hydrazone groups is 1. The van der Waals surface area contributed by atoms with Crippen molar-refractivity contribution < 1.29 is 9.53 Å². The molecule has 1 amide bonds. The Bertz CT molecular complexity index is 983. The maximum absolute atomic E-state index is 13.4.